The molecule has 4 rings (SSSR count). The smallest absolute Gasteiger partial charge is 0.257 e. The van der Waals surface area contributed by atoms with E-state index in [9.17, 15) is 10.1 Å². The molecule has 1 unspecified atom stereocenters. The van der Waals surface area contributed by atoms with Crippen LogP contribution in [0.25, 0.3) is 11.0 Å². The number of amides is 1. The lowest BCUT2D eigenvalue weighted by Crippen LogP contribution is -2.15. The molecule has 32 heavy (non-hydrogen) atoms. The Morgan fingerprint density at radius 2 is 1.91 bits per heavy atom. The highest BCUT2D eigenvalue weighted by molar-refractivity contribution is 6.32. The summed E-state index contributed by atoms with van der Waals surface area (Å²) in [6.45, 7) is 5.87. The summed E-state index contributed by atoms with van der Waals surface area (Å²) in [4.78, 5) is 17.5. The first-order valence-corrected chi connectivity index (χ1v) is 10.7. The van der Waals surface area contributed by atoms with Gasteiger partial charge in [-0.3, -0.25) is 4.79 Å². The number of hydrogen-bond donors (Lipinski definition) is 1. The van der Waals surface area contributed by atoms with Crippen LogP contribution in [0.15, 0.2) is 60.8 Å². The molecular formula is C25H22ClN5O. The number of aryl methyl sites for hydroxylation is 1. The van der Waals surface area contributed by atoms with Crippen molar-refractivity contribution in [2.45, 2.75) is 32.7 Å². The predicted molar refractivity (Wildman–Crippen MR) is 126 cm³/mol. The Morgan fingerprint density at radius 3 is 2.56 bits per heavy atom. The lowest BCUT2D eigenvalue weighted by atomic mass is 9.92. The Morgan fingerprint density at radius 1 is 1.16 bits per heavy atom. The molecule has 2 heterocycles. The topological polar surface area (TPSA) is 83.6 Å². The van der Waals surface area contributed by atoms with Crippen molar-refractivity contribution in [3.63, 3.8) is 0 Å². The van der Waals surface area contributed by atoms with E-state index in [4.69, 9.17) is 11.6 Å². The van der Waals surface area contributed by atoms with E-state index in [1.54, 1.807) is 37.4 Å². The Labute approximate surface area is 191 Å². The first-order chi connectivity index (χ1) is 15.4. The molecule has 2 aromatic heterocycles. The van der Waals surface area contributed by atoms with Gasteiger partial charge in [0.25, 0.3) is 5.91 Å². The number of nitriles is 1. The molecule has 7 heteroatoms. The summed E-state index contributed by atoms with van der Waals surface area (Å²) < 4.78 is 1.83. The number of hydrogen-bond acceptors (Lipinski definition) is 4. The van der Waals surface area contributed by atoms with Crippen LogP contribution < -0.4 is 5.32 Å². The van der Waals surface area contributed by atoms with Crippen molar-refractivity contribution in [3.8, 4) is 6.07 Å². The molecule has 0 saturated carbocycles. The first-order valence-electron chi connectivity index (χ1n) is 10.3. The van der Waals surface area contributed by atoms with Crippen LogP contribution in [-0.2, 0) is 0 Å². The molecule has 0 aliphatic rings. The molecule has 1 amide bonds. The van der Waals surface area contributed by atoms with Crippen molar-refractivity contribution in [2.75, 3.05) is 5.32 Å². The maximum atomic E-state index is 13.0. The van der Waals surface area contributed by atoms with E-state index in [1.165, 1.54) is 0 Å². The molecule has 0 spiro atoms. The first kappa shape index (κ1) is 21.5. The van der Waals surface area contributed by atoms with Crippen molar-refractivity contribution in [1.29, 1.82) is 5.26 Å². The summed E-state index contributed by atoms with van der Waals surface area (Å²) in [5.74, 6) is -0.766. The predicted octanol–water partition coefficient (Wildman–Crippen LogP) is 5.88. The van der Waals surface area contributed by atoms with Crippen LogP contribution in [0.3, 0.4) is 0 Å². The average molecular weight is 444 g/mol. The molecule has 2 aromatic carbocycles. The number of aromatic nitrogens is 3. The maximum Gasteiger partial charge on any atom is 0.257 e. The maximum absolute atomic E-state index is 13.0. The molecule has 0 radical (unpaired) electrons. The third-order valence-electron chi connectivity index (χ3n) is 5.32. The van der Waals surface area contributed by atoms with Crippen molar-refractivity contribution < 1.29 is 4.79 Å². The summed E-state index contributed by atoms with van der Waals surface area (Å²) in [5.41, 5.74) is 3.95. The van der Waals surface area contributed by atoms with Gasteiger partial charge in [0.1, 0.15) is 0 Å². The molecule has 6 nitrogen and oxygen atoms in total. The van der Waals surface area contributed by atoms with Gasteiger partial charge in [0.2, 0.25) is 0 Å². The van der Waals surface area contributed by atoms with Gasteiger partial charge in [-0.05, 0) is 50.1 Å². The van der Waals surface area contributed by atoms with Crippen molar-refractivity contribution in [2.24, 2.45) is 0 Å². The third kappa shape index (κ3) is 4.08. The Bertz CT molecular complexity index is 1340. The SMILES string of the molecule is Cc1nc2c(cnn2C(C)C)cc1C(=O)Nc1ccc(C(C#N)c2ccccc2)c(Cl)c1. The van der Waals surface area contributed by atoms with Gasteiger partial charge in [0.15, 0.2) is 5.65 Å². The quantitative estimate of drug-likeness (QED) is 0.417. The monoisotopic (exact) mass is 443 g/mol. The molecule has 0 aliphatic heterocycles. The number of nitrogens with zero attached hydrogens (tertiary/aromatic N) is 4. The minimum Gasteiger partial charge on any atom is -0.322 e. The van der Waals surface area contributed by atoms with E-state index in [0.29, 0.717) is 27.5 Å². The molecular weight excluding hydrogens is 422 g/mol. The number of carbonyl (C=O) groups is 1. The summed E-state index contributed by atoms with van der Waals surface area (Å²) in [6, 6.07) is 19.0. The van der Waals surface area contributed by atoms with Gasteiger partial charge in [-0.15, -0.1) is 0 Å². The van der Waals surface area contributed by atoms with E-state index in [-0.39, 0.29) is 11.9 Å². The molecule has 160 valence electrons. The second-order valence-electron chi connectivity index (χ2n) is 7.88. The molecule has 1 N–H and O–H groups in total. The summed E-state index contributed by atoms with van der Waals surface area (Å²) in [5, 5.41) is 18.2. The van der Waals surface area contributed by atoms with E-state index in [1.807, 2.05) is 48.9 Å². The fourth-order valence-electron chi connectivity index (χ4n) is 3.68. The molecule has 4 aromatic rings. The second kappa shape index (κ2) is 8.81. The minimum absolute atomic E-state index is 0.174. The average Bonchev–Trinajstić information content (AvgIpc) is 3.19. The van der Waals surface area contributed by atoms with Crippen LogP contribution in [0.4, 0.5) is 5.69 Å². The van der Waals surface area contributed by atoms with Crippen LogP contribution >= 0.6 is 11.6 Å². The van der Waals surface area contributed by atoms with Crippen LogP contribution in [0, 0.1) is 18.3 Å². The minimum atomic E-state index is -0.486. The zero-order chi connectivity index (χ0) is 22.8. The standard InChI is InChI=1S/C25H22ClN5O/c1-15(2)31-24-18(14-28-31)11-21(16(3)29-24)25(32)30-19-9-10-20(23(26)12-19)22(13-27)17-7-5-4-6-8-17/h4-12,14-15,22H,1-3H3,(H,30,32). The number of nitrogens with one attached hydrogen (secondary N) is 1. The van der Waals surface area contributed by atoms with Crippen LogP contribution in [-0.4, -0.2) is 20.7 Å². The van der Waals surface area contributed by atoms with E-state index >= 15 is 0 Å². The number of fused-ring (bicyclic) bond motifs is 1. The zero-order valence-corrected chi connectivity index (χ0v) is 18.8. The number of rotatable bonds is 5. The van der Waals surface area contributed by atoms with Crippen LogP contribution in [0.5, 0.6) is 0 Å². The van der Waals surface area contributed by atoms with Gasteiger partial charge < -0.3 is 5.32 Å². The summed E-state index contributed by atoms with van der Waals surface area (Å²) >= 11 is 6.50. The van der Waals surface area contributed by atoms with Crippen LogP contribution in [0.1, 0.15) is 53.0 Å². The van der Waals surface area contributed by atoms with Gasteiger partial charge in [-0.2, -0.15) is 10.4 Å². The molecule has 0 fully saturated rings. The number of carbonyl (C=O) groups excluding carboxylic acids is 1. The van der Waals surface area contributed by atoms with E-state index in [0.717, 1.165) is 16.6 Å². The fraction of sp³-hybridized carbons (Fsp3) is 0.200. The van der Waals surface area contributed by atoms with Crippen molar-refractivity contribution in [1.82, 2.24) is 14.8 Å². The highest BCUT2D eigenvalue weighted by Crippen LogP contribution is 2.32. The third-order valence-corrected chi connectivity index (χ3v) is 5.65. The number of halogens is 1. The molecule has 0 saturated heterocycles. The fourth-order valence-corrected chi connectivity index (χ4v) is 3.97. The second-order valence-corrected chi connectivity index (χ2v) is 8.29. The molecule has 0 aliphatic carbocycles. The van der Waals surface area contributed by atoms with E-state index < -0.39 is 5.92 Å². The zero-order valence-electron chi connectivity index (χ0n) is 18.0. The van der Waals surface area contributed by atoms with Crippen molar-refractivity contribution >= 4 is 34.2 Å². The van der Waals surface area contributed by atoms with Gasteiger partial charge in [-0.25, -0.2) is 9.67 Å². The number of anilines is 1. The van der Waals surface area contributed by atoms with E-state index in [2.05, 4.69) is 21.5 Å². The Balaban J connectivity index is 1.60. The largest absolute Gasteiger partial charge is 0.322 e. The number of pyridine rings is 1. The highest BCUT2D eigenvalue weighted by Gasteiger charge is 2.19. The lowest BCUT2D eigenvalue weighted by Gasteiger charge is -2.14. The van der Waals surface area contributed by atoms with Crippen molar-refractivity contribution in [3.05, 3.63) is 88.2 Å². The Hall–Kier alpha value is -3.69. The molecule has 0 bridgehead atoms. The number of benzene rings is 2. The lowest BCUT2D eigenvalue weighted by molar-refractivity contribution is 0.102. The van der Waals surface area contributed by atoms with Gasteiger partial charge in [-0.1, -0.05) is 48.0 Å². The highest BCUT2D eigenvalue weighted by atomic mass is 35.5. The van der Waals surface area contributed by atoms with Gasteiger partial charge >= 0.3 is 0 Å². The normalized spacial score (nSPS) is 12.0. The summed E-state index contributed by atoms with van der Waals surface area (Å²) in [6.07, 6.45) is 1.72. The van der Waals surface area contributed by atoms with Crippen LogP contribution in [0.2, 0.25) is 5.02 Å². The Kier molecular flexibility index (Phi) is 5.93. The summed E-state index contributed by atoms with van der Waals surface area (Å²) in [7, 11) is 0. The van der Waals surface area contributed by atoms with Gasteiger partial charge in [0.05, 0.1) is 29.4 Å². The van der Waals surface area contributed by atoms with Gasteiger partial charge in [0, 0.05) is 22.1 Å². The molecule has 1 atom stereocenters.